The van der Waals surface area contributed by atoms with Gasteiger partial charge in [0.15, 0.2) is 0 Å². The van der Waals surface area contributed by atoms with Gasteiger partial charge in [0.25, 0.3) is 0 Å². The van der Waals surface area contributed by atoms with Gasteiger partial charge in [0.2, 0.25) is 0 Å². The van der Waals surface area contributed by atoms with Crippen molar-refractivity contribution in [2.24, 2.45) is 0 Å². The minimum atomic E-state index is 0.129. The Morgan fingerprint density at radius 1 is 1.20 bits per heavy atom. The van der Waals surface area contributed by atoms with Crippen LogP contribution in [-0.4, -0.2) is 65.6 Å². The third-order valence-corrected chi connectivity index (χ3v) is 5.23. The van der Waals surface area contributed by atoms with E-state index in [4.69, 9.17) is 0 Å². The lowest BCUT2D eigenvalue weighted by molar-refractivity contribution is 0.142. The Kier molecular flexibility index (Phi) is 6.49. The van der Waals surface area contributed by atoms with E-state index in [2.05, 4.69) is 15.1 Å². The second-order valence-corrected chi connectivity index (χ2v) is 7.39. The van der Waals surface area contributed by atoms with E-state index >= 15 is 0 Å². The quantitative estimate of drug-likeness (QED) is 0.869. The molecule has 0 aromatic rings. The molecule has 0 spiro atoms. The molecule has 2 saturated heterocycles. The van der Waals surface area contributed by atoms with Crippen molar-refractivity contribution in [2.45, 2.75) is 51.6 Å². The van der Waals surface area contributed by atoms with Crippen molar-refractivity contribution >= 4 is 17.8 Å². The summed E-state index contributed by atoms with van der Waals surface area (Å²) in [6.07, 6.45) is 5.12. The number of rotatable bonds is 3. The number of urea groups is 1. The highest BCUT2D eigenvalue weighted by atomic mass is 32.2. The van der Waals surface area contributed by atoms with Gasteiger partial charge in [0, 0.05) is 24.9 Å². The zero-order chi connectivity index (χ0) is 14.4. The molecule has 2 fully saturated rings. The predicted molar refractivity (Wildman–Crippen MR) is 86.4 cm³/mol. The molecule has 0 aliphatic carbocycles. The fourth-order valence-corrected chi connectivity index (χ4v) is 4.07. The summed E-state index contributed by atoms with van der Waals surface area (Å²) in [5, 5.41) is 3.07. The number of hydrogen-bond donors (Lipinski definition) is 1. The molecular formula is C15H29N3OS. The first-order valence-corrected chi connectivity index (χ1v) is 9.19. The topological polar surface area (TPSA) is 35.6 Å². The predicted octanol–water partition coefficient (Wildman–Crippen LogP) is 2.40. The molecule has 2 heterocycles. The number of carbonyl (C=O) groups is 1. The van der Waals surface area contributed by atoms with Gasteiger partial charge in [0.1, 0.15) is 0 Å². The van der Waals surface area contributed by atoms with Crippen LogP contribution in [0.15, 0.2) is 0 Å². The van der Waals surface area contributed by atoms with E-state index in [0.29, 0.717) is 6.04 Å². The van der Waals surface area contributed by atoms with Crippen molar-refractivity contribution < 1.29 is 4.79 Å². The summed E-state index contributed by atoms with van der Waals surface area (Å²) >= 11 is 2.00. The highest BCUT2D eigenvalue weighted by Gasteiger charge is 2.28. The van der Waals surface area contributed by atoms with E-state index in [1.165, 1.54) is 38.1 Å². The summed E-state index contributed by atoms with van der Waals surface area (Å²) in [4.78, 5) is 17.0. The smallest absolute Gasteiger partial charge is 0.317 e. The molecule has 2 aliphatic rings. The number of piperidine rings is 1. The third kappa shape index (κ3) is 4.85. The van der Waals surface area contributed by atoms with E-state index in [1.54, 1.807) is 0 Å². The Hall–Kier alpha value is -0.420. The molecule has 2 aliphatic heterocycles. The Morgan fingerprint density at radius 3 is 2.65 bits per heavy atom. The van der Waals surface area contributed by atoms with Gasteiger partial charge in [-0.05, 0) is 52.0 Å². The van der Waals surface area contributed by atoms with E-state index in [-0.39, 0.29) is 12.1 Å². The molecule has 0 aromatic heterocycles. The first-order valence-electron chi connectivity index (χ1n) is 8.04. The number of nitrogens with zero attached hydrogens (tertiary/aromatic N) is 2. The molecule has 0 radical (unpaired) electrons. The Bertz CT molecular complexity index is 305. The van der Waals surface area contributed by atoms with Crippen LogP contribution in [0.5, 0.6) is 0 Å². The number of hydrogen-bond acceptors (Lipinski definition) is 3. The average molecular weight is 299 g/mol. The summed E-state index contributed by atoms with van der Waals surface area (Å²) < 4.78 is 0. The van der Waals surface area contributed by atoms with Crippen LogP contribution >= 0.6 is 11.8 Å². The Balaban J connectivity index is 1.94. The van der Waals surface area contributed by atoms with Crippen LogP contribution in [0.25, 0.3) is 0 Å². The van der Waals surface area contributed by atoms with Gasteiger partial charge >= 0.3 is 6.03 Å². The summed E-state index contributed by atoms with van der Waals surface area (Å²) in [6, 6.07) is 0.720. The largest absolute Gasteiger partial charge is 0.336 e. The van der Waals surface area contributed by atoms with Gasteiger partial charge < -0.3 is 15.1 Å². The third-order valence-electron chi connectivity index (χ3n) is 4.03. The zero-order valence-corrected chi connectivity index (χ0v) is 13.8. The van der Waals surface area contributed by atoms with Crippen molar-refractivity contribution in [1.29, 1.82) is 0 Å². The zero-order valence-electron chi connectivity index (χ0n) is 12.9. The lowest BCUT2D eigenvalue weighted by Gasteiger charge is -2.36. The summed E-state index contributed by atoms with van der Waals surface area (Å²) in [7, 11) is 0. The minimum Gasteiger partial charge on any atom is -0.336 e. The molecule has 0 saturated carbocycles. The van der Waals surface area contributed by atoms with Crippen molar-refractivity contribution in [3.05, 3.63) is 0 Å². The van der Waals surface area contributed by atoms with Crippen molar-refractivity contribution in [2.75, 3.05) is 37.7 Å². The van der Waals surface area contributed by atoms with Gasteiger partial charge in [-0.15, -0.1) is 0 Å². The standard InChI is InChI=1S/C15H29N3OS/c1-13(2)16-15(19)18-9-6-10-20-12-14(18)11-17-7-4-3-5-8-17/h13-14H,3-12H2,1-2H3,(H,16,19). The van der Waals surface area contributed by atoms with Crippen LogP contribution < -0.4 is 5.32 Å². The molecule has 2 amide bonds. The van der Waals surface area contributed by atoms with Crippen LogP contribution in [0.4, 0.5) is 4.79 Å². The molecule has 0 aromatic carbocycles. The van der Waals surface area contributed by atoms with Crippen molar-refractivity contribution in [3.63, 3.8) is 0 Å². The van der Waals surface area contributed by atoms with Crippen molar-refractivity contribution in [1.82, 2.24) is 15.1 Å². The molecule has 116 valence electrons. The Labute approximate surface area is 127 Å². The normalized spacial score (nSPS) is 25.6. The second-order valence-electron chi connectivity index (χ2n) is 6.24. The molecule has 1 N–H and O–H groups in total. The number of carbonyl (C=O) groups excluding carboxylic acids is 1. The van der Waals surface area contributed by atoms with Gasteiger partial charge in [-0.25, -0.2) is 4.79 Å². The minimum absolute atomic E-state index is 0.129. The second kappa shape index (κ2) is 8.13. The first-order chi connectivity index (χ1) is 9.66. The number of amides is 2. The molecule has 0 bridgehead atoms. The van der Waals surface area contributed by atoms with Gasteiger partial charge in [-0.1, -0.05) is 6.42 Å². The fourth-order valence-electron chi connectivity index (χ4n) is 3.02. The molecule has 2 rings (SSSR count). The lowest BCUT2D eigenvalue weighted by Crippen LogP contribution is -2.53. The molecular weight excluding hydrogens is 270 g/mol. The SMILES string of the molecule is CC(C)NC(=O)N1CCCSCC1CN1CCCCC1. The lowest BCUT2D eigenvalue weighted by atomic mass is 10.1. The van der Waals surface area contributed by atoms with Gasteiger partial charge in [-0.2, -0.15) is 11.8 Å². The average Bonchev–Trinajstić information content (AvgIpc) is 2.64. The highest BCUT2D eigenvalue weighted by molar-refractivity contribution is 7.99. The molecule has 1 unspecified atom stereocenters. The van der Waals surface area contributed by atoms with E-state index in [1.807, 2.05) is 25.6 Å². The molecule has 20 heavy (non-hydrogen) atoms. The van der Waals surface area contributed by atoms with Crippen molar-refractivity contribution in [3.8, 4) is 0 Å². The Morgan fingerprint density at radius 2 is 1.95 bits per heavy atom. The van der Waals surface area contributed by atoms with Gasteiger partial charge in [0.05, 0.1) is 6.04 Å². The maximum absolute atomic E-state index is 12.4. The number of nitrogens with one attached hydrogen (secondary N) is 1. The fraction of sp³-hybridized carbons (Fsp3) is 0.933. The highest BCUT2D eigenvalue weighted by Crippen LogP contribution is 2.19. The first kappa shape index (κ1) is 16.0. The maximum atomic E-state index is 12.4. The van der Waals surface area contributed by atoms with Crippen LogP contribution in [0.1, 0.15) is 39.5 Å². The van der Waals surface area contributed by atoms with Crippen LogP contribution in [0, 0.1) is 0 Å². The number of likely N-dealkylation sites (tertiary alicyclic amines) is 1. The molecule has 5 heteroatoms. The van der Waals surface area contributed by atoms with E-state index < -0.39 is 0 Å². The van der Waals surface area contributed by atoms with Crippen LogP contribution in [0.2, 0.25) is 0 Å². The van der Waals surface area contributed by atoms with Gasteiger partial charge in [-0.3, -0.25) is 0 Å². The molecule has 4 nitrogen and oxygen atoms in total. The summed E-state index contributed by atoms with van der Waals surface area (Å²) in [5.41, 5.74) is 0. The van der Waals surface area contributed by atoms with Crippen LogP contribution in [-0.2, 0) is 0 Å². The summed E-state index contributed by atoms with van der Waals surface area (Å²) in [6.45, 7) is 8.44. The van der Waals surface area contributed by atoms with Crippen LogP contribution in [0.3, 0.4) is 0 Å². The molecule has 1 atom stereocenters. The summed E-state index contributed by atoms with van der Waals surface area (Å²) in [5.74, 6) is 2.27. The number of thioether (sulfide) groups is 1. The monoisotopic (exact) mass is 299 g/mol. The van der Waals surface area contributed by atoms with E-state index in [0.717, 1.165) is 25.3 Å². The maximum Gasteiger partial charge on any atom is 0.317 e. The van der Waals surface area contributed by atoms with E-state index in [9.17, 15) is 4.79 Å².